The lowest BCUT2D eigenvalue weighted by atomic mass is 9.87. The van der Waals surface area contributed by atoms with Gasteiger partial charge in [0, 0.05) is 6.20 Å². The first-order valence-electron chi connectivity index (χ1n) is 5.02. The number of hydrogen-bond acceptors (Lipinski definition) is 6. The average Bonchev–Trinajstić information content (AvgIpc) is 2.77. The molecule has 17 heavy (non-hydrogen) atoms. The molecule has 2 aromatic heterocycles. The maximum absolute atomic E-state index is 9.08. The summed E-state index contributed by atoms with van der Waals surface area (Å²) in [6.07, 6.45) is 5.10. The first-order valence-corrected chi connectivity index (χ1v) is 5.02. The predicted octanol–water partition coefficient (Wildman–Crippen LogP) is -1.24. The molecule has 2 N–H and O–H groups in total. The van der Waals surface area contributed by atoms with Crippen molar-refractivity contribution < 1.29 is 14.8 Å². The van der Waals surface area contributed by atoms with Gasteiger partial charge in [-0.15, -0.1) is 6.58 Å². The van der Waals surface area contributed by atoms with E-state index in [4.69, 9.17) is 14.8 Å². The van der Waals surface area contributed by atoms with Gasteiger partial charge in [-0.05, 0) is 6.42 Å². The smallest absolute Gasteiger partial charge is 0.475 e. The van der Waals surface area contributed by atoms with E-state index in [-0.39, 0.29) is 11.5 Å². The summed E-state index contributed by atoms with van der Waals surface area (Å²) < 4.78 is 6.76. The van der Waals surface area contributed by atoms with Crippen LogP contribution < -0.4 is 10.3 Å². The molecule has 2 rings (SSSR count). The van der Waals surface area contributed by atoms with Gasteiger partial charge < -0.3 is 14.8 Å². The van der Waals surface area contributed by atoms with Crippen LogP contribution in [0.4, 0.5) is 0 Å². The normalized spacial score (nSPS) is 10.5. The van der Waals surface area contributed by atoms with Crippen LogP contribution in [0, 0.1) is 0 Å². The molecule has 0 amide bonds. The molecule has 0 atom stereocenters. The second kappa shape index (κ2) is 4.94. The quantitative estimate of drug-likeness (QED) is 0.382. The first kappa shape index (κ1) is 11.6. The van der Waals surface area contributed by atoms with Gasteiger partial charge in [-0.3, -0.25) is 0 Å². The van der Waals surface area contributed by atoms with Crippen LogP contribution in [0.15, 0.2) is 25.2 Å². The summed E-state index contributed by atoms with van der Waals surface area (Å²) in [5.41, 5.74) is 0.482. The number of fused-ring (bicyclic) bond motifs is 1. The molecule has 2 aromatic rings. The lowest BCUT2D eigenvalue weighted by Crippen LogP contribution is -2.34. The number of rotatable bonds is 5. The summed E-state index contributed by atoms with van der Waals surface area (Å²) in [6, 6.07) is 0. The summed E-state index contributed by atoms with van der Waals surface area (Å²) in [6.45, 7) is 3.97. The molecule has 0 saturated carbocycles. The Labute approximate surface area is 97.5 Å². The Morgan fingerprint density at radius 1 is 1.53 bits per heavy atom. The van der Waals surface area contributed by atoms with Gasteiger partial charge in [0.15, 0.2) is 0 Å². The van der Waals surface area contributed by atoms with Gasteiger partial charge in [0.1, 0.15) is 6.33 Å². The van der Waals surface area contributed by atoms with Crippen LogP contribution in [0.3, 0.4) is 0 Å². The van der Waals surface area contributed by atoms with E-state index in [1.165, 1.54) is 17.0 Å². The zero-order valence-electron chi connectivity index (χ0n) is 9.02. The van der Waals surface area contributed by atoms with Crippen molar-refractivity contribution in [3.63, 3.8) is 0 Å². The van der Waals surface area contributed by atoms with Crippen LogP contribution in [0.5, 0.6) is 5.88 Å². The van der Waals surface area contributed by atoms with Crippen LogP contribution >= 0.6 is 0 Å². The molecule has 0 unspecified atom stereocenters. The van der Waals surface area contributed by atoms with Crippen molar-refractivity contribution in [1.82, 2.24) is 19.6 Å². The van der Waals surface area contributed by atoms with Crippen molar-refractivity contribution in [1.29, 1.82) is 0 Å². The Morgan fingerprint density at radius 3 is 3.06 bits per heavy atom. The molecule has 0 saturated heterocycles. The fourth-order valence-corrected chi connectivity index (χ4v) is 1.28. The molecule has 0 fully saturated rings. The Balaban J connectivity index is 2.36. The van der Waals surface area contributed by atoms with Gasteiger partial charge in [-0.2, -0.15) is 5.10 Å². The molecule has 0 aliphatic carbocycles. The second-order valence-electron chi connectivity index (χ2n) is 3.30. The zero-order valence-corrected chi connectivity index (χ0v) is 9.02. The minimum absolute atomic E-state index is 0.0524. The third kappa shape index (κ3) is 2.43. The SMILES string of the molecule is C=CCCOc1nc(B(O)O)cn2ncnc12. The van der Waals surface area contributed by atoms with Crippen LogP contribution in [-0.4, -0.2) is 43.4 Å². The lowest BCUT2D eigenvalue weighted by Gasteiger charge is -2.06. The molecule has 0 radical (unpaired) electrons. The number of ether oxygens (including phenoxy) is 1. The van der Waals surface area contributed by atoms with E-state index in [1.54, 1.807) is 6.08 Å². The molecule has 0 aliphatic heterocycles. The van der Waals surface area contributed by atoms with Crippen molar-refractivity contribution in [2.24, 2.45) is 0 Å². The maximum atomic E-state index is 9.08. The maximum Gasteiger partial charge on any atom is 0.509 e. The molecular formula is C9H11BN4O3. The second-order valence-corrected chi connectivity index (χ2v) is 3.30. The summed E-state index contributed by atoms with van der Waals surface area (Å²) in [5, 5.41) is 22.0. The van der Waals surface area contributed by atoms with Crippen LogP contribution in [0.25, 0.3) is 5.65 Å². The molecule has 2 heterocycles. The van der Waals surface area contributed by atoms with Gasteiger partial charge in [-0.25, -0.2) is 14.5 Å². The van der Waals surface area contributed by atoms with Crippen molar-refractivity contribution in [3.05, 3.63) is 25.2 Å². The van der Waals surface area contributed by atoms with Crippen LogP contribution in [-0.2, 0) is 0 Å². The molecule has 7 nitrogen and oxygen atoms in total. The zero-order chi connectivity index (χ0) is 12.3. The van der Waals surface area contributed by atoms with E-state index in [1.807, 2.05) is 0 Å². The van der Waals surface area contributed by atoms with Crippen LogP contribution in [0.1, 0.15) is 6.42 Å². The molecule has 0 spiro atoms. The molecule has 0 bridgehead atoms. The number of nitrogens with zero attached hydrogens (tertiary/aromatic N) is 4. The first-order chi connectivity index (χ1) is 8.22. The van der Waals surface area contributed by atoms with Crippen molar-refractivity contribution >= 4 is 18.4 Å². The van der Waals surface area contributed by atoms with E-state index in [9.17, 15) is 0 Å². The van der Waals surface area contributed by atoms with Gasteiger partial charge >= 0.3 is 7.12 Å². The highest BCUT2D eigenvalue weighted by Crippen LogP contribution is 2.11. The van der Waals surface area contributed by atoms with E-state index < -0.39 is 7.12 Å². The Hall–Kier alpha value is -1.93. The molecule has 0 aromatic carbocycles. The van der Waals surface area contributed by atoms with Gasteiger partial charge in [0.25, 0.3) is 5.88 Å². The van der Waals surface area contributed by atoms with Crippen molar-refractivity contribution in [3.8, 4) is 5.88 Å². The lowest BCUT2D eigenvalue weighted by molar-refractivity contribution is 0.314. The van der Waals surface area contributed by atoms with E-state index >= 15 is 0 Å². The molecule has 88 valence electrons. The summed E-state index contributed by atoms with van der Waals surface area (Å²) >= 11 is 0. The monoisotopic (exact) mass is 234 g/mol. The van der Waals surface area contributed by atoms with Crippen molar-refractivity contribution in [2.75, 3.05) is 6.61 Å². The average molecular weight is 234 g/mol. The van der Waals surface area contributed by atoms with Gasteiger partial charge in [0.05, 0.1) is 12.2 Å². The highest BCUT2D eigenvalue weighted by molar-refractivity contribution is 6.57. The Kier molecular flexibility index (Phi) is 3.36. The van der Waals surface area contributed by atoms with Gasteiger partial charge in [0.2, 0.25) is 5.65 Å². The van der Waals surface area contributed by atoms with Crippen LogP contribution in [0.2, 0.25) is 0 Å². The molecule has 0 aliphatic rings. The largest absolute Gasteiger partial charge is 0.509 e. The van der Waals surface area contributed by atoms with Crippen molar-refractivity contribution in [2.45, 2.75) is 6.42 Å². The third-order valence-corrected chi connectivity index (χ3v) is 2.07. The van der Waals surface area contributed by atoms with E-state index in [0.29, 0.717) is 18.7 Å². The standard InChI is InChI=1S/C9H11BN4O3/c1-2-3-4-17-9-8-11-6-12-14(8)5-7(13-9)10(15)16/h2,5-6,15-16H,1,3-4H2. The minimum Gasteiger partial charge on any atom is -0.475 e. The van der Waals surface area contributed by atoms with Gasteiger partial charge in [-0.1, -0.05) is 6.08 Å². The minimum atomic E-state index is -1.68. The number of aromatic nitrogens is 4. The molecular weight excluding hydrogens is 223 g/mol. The number of hydrogen-bond donors (Lipinski definition) is 2. The summed E-state index contributed by atoms with van der Waals surface area (Å²) in [7, 11) is -1.68. The fraction of sp³-hybridized carbons (Fsp3) is 0.222. The highest BCUT2D eigenvalue weighted by Gasteiger charge is 2.18. The summed E-state index contributed by atoms with van der Waals surface area (Å²) in [4.78, 5) is 7.94. The Bertz CT molecular complexity index is 528. The summed E-state index contributed by atoms with van der Waals surface area (Å²) in [5.74, 6) is 0.218. The van der Waals surface area contributed by atoms with E-state index in [0.717, 1.165) is 0 Å². The topological polar surface area (TPSA) is 92.8 Å². The third-order valence-electron chi connectivity index (χ3n) is 2.07. The predicted molar refractivity (Wildman–Crippen MR) is 60.9 cm³/mol. The fourth-order valence-electron chi connectivity index (χ4n) is 1.28. The van der Waals surface area contributed by atoms with E-state index in [2.05, 4.69) is 21.6 Å². The highest BCUT2D eigenvalue weighted by atomic mass is 16.5. The molecule has 8 heteroatoms. The Morgan fingerprint density at radius 2 is 2.35 bits per heavy atom.